The molecule has 1 heterocycles. The molecule has 1 saturated heterocycles. The van der Waals surface area contributed by atoms with Gasteiger partial charge in [-0.2, -0.15) is 5.06 Å². The van der Waals surface area contributed by atoms with Gasteiger partial charge >= 0.3 is 0 Å². The zero-order chi connectivity index (χ0) is 13.7. The van der Waals surface area contributed by atoms with Crippen molar-refractivity contribution in [1.29, 1.82) is 0 Å². The fourth-order valence-electron chi connectivity index (χ4n) is 1.14. The Kier molecular flexibility index (Phi) is 4.33. The van der Waals surface area contributed by atoms with Gasteiger partial charge in [0, 0.05) is 25.0 Å². The Labute approximate surface area is 101 Å². The number of rotatable bonds is 1. The lowest BCUT2D eigenvalue weighted by Crippen LogP contribution is -2.24. The van der Waals surface area contributed by atoms with Crippen molar-refractivity contribution in [1.82, 2.24) is 5.06 Å². The van der Waals surface area contributed by atoms with E-state index in [1.54, 1.807) is 0 Å². The van der Waals surface area contributed by atoms with Crippen molar-refractivity contribution in [2.45, 2.75) is 12.8 Å². The van der Waals surface area contributed by atoms with E-state index in [1.165, 1.54) is 24.3 Å². The van der Waals surface area contributed by atoms with Crippen LogP contribution in [0.5, 0.6) is 5.75 Å². The first-order valence-electron chi connectivity index (χ1n) is 4.90. The number of nitro benzene ring substituents is 1. The summed E-state index contributed by atoms with van der Waals surface area (Å²) in [6.07, 6.45) is 0.296. The van der Waals surface area contributed by atoms with E-state index in [9.17, 15) is 19.7 Å². The molecule has 0 radical (unpaired) electrons. The number of phenolic OH excluding ortho intramolecular Hbond substituents is 1. The summed E-state index contributed by atoms with van der Waals surface area (Å²) in [6, 6.07) is 5.04. The van der Waals surface area contributed by atoms with Crippen LogP contribution in [0.3, 0.4) is 0 Å². The van der Waals surface area contributed by atoms with Gasteiger partial charge in [0.05, 0.1) is 4.92 Å². The highest BCUT2D eigenvalue weighted by molar-refractivity contribution is 6.00. The van der Waals surface area contributed by atoms with Gasteiger partial charge in [-0.1, -0.05) is 0 Å². The van der Waals surface area contributed by atoms with E-state index >= 15 is 0 Å². The van der Waals surface area contributed by atoms with Gasteiger partial charge in [0.15, 0.2) is 0 Å². The number of nitro groups is 1. The lowest BCUT2D eigenvalue weighted by molar-refractivity contribution is -0.384. The van der Waals surface area contributed by atoms with Gasteiger partial charge in [0.1, 0.15) is 5.75 Å². The zero-order valence-corrected chi connectivity index (χ0v) is 9.15. The molecule has 0 saturated carbocycles. The Bertz CT molecular complexity index is 454. The summed E-state index contributed by atoms with van der Waals surface area (Å²) in [5.74, 6) is -0.976. The van der Waals surface area contributed by atoms with Crippen molar-refractivity contribution < 1.29 is 24.8 Å². The van der Waals surface area contributed by atoms with E-state index in [0.717, 1.165) is 0 Å². The van der Waals surface area contributed by atoms with Crippen molar-refractivity contribution in [3.05, 3.63) is 34.4 Å². The molecule has 0 spiro atoms. The third-order valence-corrected chi connectivity index (χ3v) is 2.09. The van der Waals surface area contributed by atoms with Crippen LogP contribution in [0.4, 0.5) is 5.69 Å². The van der Waals surface area contributed by atoms with Crippen molar-refractivity contribution in [2.24, 2.45) is 0 Å². The third kappa shape index (κ3) is 3.52. The number of aromatic hydroxyl groups is 1. The minimum atomic E-state index is -0.514. The molecule has 8 heteroatoms. The molecule has 1 aromatic carbocycles. The molecule has 0 bridgehead atoms. The topological polar surface area (TPSA) is 121 Å². The molecule has 1 aromatic rings. The molecule has 18 heavy (non-hydrogen) atoms. The molecule has 1 aliphatic heterocycles. The van der Waals surface area contributed by atoms with Crippen LogP contribution >= 0.6 is 0 Å². The van der Waals surface area contributed by atoms with Crippen LogP contribution in [-0.2, 0) is 9.59 Å². The van der Waals surface area contributed by atoms with Gasteiger partial charge in [-0.25, -0.2) is 0 Å². The Morgan fingerprint density at radius 2 is 1.56 bits per heavy atom. The number of hydrogen-bond acceptors (Lipinski definition) is 6. The van der Waals surface area contributed by atoms with Crippen molar-refractivity contribution >= 4 is 17.5 Å². The van der Waals surface area contributed by atoms with Crippen molar-refractivity contribution in [3.63, 3.8) is 0 Å². The number of phenols is 1. The Hall–Kier alpha value is -2.48. The largest absolute Gasteiger partial charge is 0.508 e. The maximum atomic E-state index is 10.2. The first kappa shape index (κ1) is 13.6. The number of hydrogen-bond donors (Lipinski definition) is 2. The summed E-state index contributed by atoms with van der Waals surface area (Å²) < 4.78 is 0. The quantitative estimate of drug-likeness (QED) is 0.331. The summed E-state index contributed by atoms with van der Waals surface area (Å²) >= 11 is 0. The van der Waals surface area contributed by atoms with Gasteiger partial charge < -0.3 is 5.11 Å². The predicted molar refractivity (Wildman–Crippen MR) is 57.6 cm³/mol. The second kappa shape index (κ2) is 5.73. The number of hydroxylamine groups is 2. The van der Waals surface area contributed by atoms with Crippen molar-refractivity contribution in [3.8, 4) is 5.75 Å². The van der Waals surface area contributed by atoms with Crippen LogP contribution < -0.4 is 0 Å². The van der Waals surface area contributed by atoms with Crippen LogP contribution in [-0.4, -0.2) is 32.1 Å². The number of amides is 2. The van der Waals surface area contributed by atoms with E-state index in [-0.39, 0.29) is 29.3 Å². The third-order valence-electron chi connectivity index (χ3n) is 2.09. The van der Waals surface area contributed by atoms with Crippen molar-refractivity contribution in [2.75, 3.05) is 0 Å². The molecule has 1 aliphatic rings. The van der Waals surface area contributed by atoms with Crippen LogP contribution in [0.2, 0.25) is 0 Å². The molecule has 2 rings (SSSR count). The Balaban J connectivity index is 0.000000184. The smallest absolute Gasteiger partial charge is 0.269 e. The molecule has 2 amide bonds. The standard InChI is InChI=1S/C6H5NO3.C4H5NO3/c8-6-3-1-5(2-4-6)7(9)10;6-3-1-2-4(7)5(3)8/h1-4,8H;8H,1-2H2. The average molecular weight is 254 g/mol. The summed E-state index contributed by atoms with van der Waals surface area (Å²) in [6.45, 7) is 0. The lowest BCUT2D eigenvalue weighted by Gasteiger charge is -1.98. The highest BCUT2D eigenvalue weighted by atomic mass is 16.6. The normalized spacial score (nSPS) is 14.2. The summed E-state index contributed by atoms with van der Waals surface area (Å²) in [7, 11) is 0. The molecule has 0 atom stereocenters. The fraction of sp³-hybridized carbons (Fsp3) is 0.200. The minimum absolute atomic E-state index is 0.0159. The molecular formula is C10H10N2O6. The summed E-state index contributed by atoms with van der Waals surface area (Å²) in [4.78, 5) is 30.0. The zero-order valence-electron chi connectivity index (χ0n) is 9.15. The number of non-ortho nitro benzene ring substituents is 1. The van der Waals surface area contributed by atoms with Crippen LogP contribution in [0.15, 0.2) is 24.3 Å². The molecule has 2 N–H and O–H groups in total. The average Bonchev–Trinajstić information content (AvgIpc) is 2.62. The second-order valence-corrected chi connectivity index (χ2v) is 3.37. The van der Waals surface area contributed by atoms with Gasteiger partial charge in [-0.3, -0.25) is 24.9 Å². The summed E-state index contributed by atoms with van der Waals surface area (Å²) in [5, 5.41) is 27.3. The number of benzene rings is 1. The maximum Gasteiger partial charge on any atom is 0.269 e. The summed E-state index contributed by atoms with van der Waals surface area (Å²) in [5.41, 5.74) is -0.0159. The molecule has 1 fully saturated rings. The van der Waals surface area contributed by atoms with E-state index in [2.05, 4.69) is 0 Å². The number of imide groups is 1. The van der Waals surface area contributed by atoms with Crippen LogP contribution in [0.25, 0.3) is 0 Å². The van der Waals surface area contributed by atoms with Gasteiger partial charge in [-0.15, -0.1) is 0 Å². The highest BCUT2D eigenvalue weighted by Gasteiger charge is 2.26. The predicted octanol–water partition coefficient (Wildman–Crippen LogP) is 0.825. The van der Waals surface area contributed by atoms with Crippen LogP contribution in [0.1, 0.15) is 12.8 Å². The maximum absolute atomic E-state index is 10.2. The van der Waals surface area contributed by atoms with Crippen LogP contribution in [0, 0.1) is 10.1 Å². The Morgan fingerprint density at radius 1 is 1.11 bits per heavy atom. The van der Waals surface area contributed by atoms with E-state index in [0.29, 0.717) is 0 Å². The molecule has 0 aromatic heterocycles. The van der Waals surface area contributed by atoms with Gasteiger partial charge in [0.25, 0.3) is 17.5 Å². The Morgan fingerprint density at radius 3 is 1.83 bits per heavy atom. The second-order valence-electron chi connectivity index (χ2n) is 3.37. The first-order valence-corrected chi connectivity index (χ1v) is 4.90. The van der Waals surface area contributed by atoms with E-state index < -0.39 is 16.7 Å². The van der Waals surface area contributed by atoms with Gasteiger partial charge in [-0.05, 0) is 12.1 Å². The highest BCUT2D eigenvalue weighted by Crippen LogP contribution is 2.15. The number of nitrogens with zero attached hydrogens (tertiary/aromatic N) is 2. The molecule has 8 nitrogen and oxygen atoms in total. The SMILES string of the molecule is O=C1CCC(=O)N1O.O=[N+]([O-])c1ccc(O)cc1. The first-order chi connectivity index (χ1) is 8.41. The lowest BCUT2D eigenvalue weighted by atomic mass is 10.3. The molecule has 0 unspecified atom stereocenters. The monoisotopic (exact) mass is 254 g/mol. The van der Waals surface area contributed by atoms with Gasteiger partial charge in [0.2, 0.25) is 0 Å². The fourth-order valence-corrected chi connectivity index (χ4v) is 1.14. The number of carbonyl (C=O) groups is 2. The molecule has 0 aliphatic carbocycles. The minimum Gasteiger partial charge on any atom is -0.508 e. The van der Waals surface area contributed by atoms with E-state index in [1.807, 2.05) is 0 Å². The van der Waals surface area contributed by atoms with E-state index in [4.69, 9.17) is 10.3 Å². The molecular weight excluding hydrogens is 244 g/mol. The molecule has 96 valence electrons. The number of carbonyl (C=O) groups excluding carboxylic acids is 2.